The van der Waals surface area contributed by atoms with Gasteiger partial charge in [0.25, 0.3) is 5.56 Å². The van der Waals surface area contributed by atoms with E-state index in [0.29, 0.717) is 11.6 Å². The van der Waals surface area contributed by atoms with Crippen LogP contribution in [0.15, 0.2) is 10.9 Å². The average molecular weight is 238 g/mol. The molecule has 0 bridgehead atoms. The van der Waals surface area contributed by atoms with Crippen LogP contribution >= 0.6 is 0 Å². The summed E-state index contributed by atoms with van der Waals surface area (Å²) in [5.74, 6) is 1.54. The van der Waals surface area contributed by atoms with E-state index in [0.717, 1.165) is 19.4 Å². The predicted octanol–water partition coefficient (Wildman–Crippen LogP) is 1.43. The van der Waals surface area contributed by atoms with Crippen molar-refractivity contribution >= 4 is 5.82 Å². The van der Waals surface area contributed by atoms with Gasteiger partial charge in [-0.25, -0.2) is 4.98 Å². The Balaban J connectivity index is 2.62. The minimum absolute atomic E-state index is 0.119. The van der Waals surface area contributed by atoms with Crippen LogP contribution in [-0.4, -0.2) is 22.6 Å². The van der Waals surface area contributed by atoms with Gasteiger partial charge in [-0.2, -0.15) is 0 Å². The summed E-state index contributed by atoms with van der Waals surface area (Å²) in [5, 5.41) is 3.13. The minimum Gasteiger partial charge on any atom is -0.370 e. The number of aromatic amines is 1. The van der Waals surface area contributed by atoms with Gasteiger partial charge >= 0.3 is 0 Å². The maximum Gasteiger partial charge on any atom is 0.252 e. The highest BCUT2D eigenvalue weighted by atomic mass is 16.1. The van der Waals surface area contributed by atoms with Gasteiger partial charge < -0.3 is 16.0 Å². The molecule has 0 saturated carbocycles. The summed E-state index contributed by atoms with van der Waals surface area (Å²) in [6, 6.07) is 1.68. The molecule has 5 heteroatoms. The third kappa shape index (κ3) is 4.56. The number of anilines is 1. The zero-order valence-corrected chi connectivity index (χ0v) is 10.8. The third-order valence-electron chi connectivity index (χ3n) is 2.65. The molecule has 0 fully saturated rings. The first-order chi connectivity index (χ1) is 8.02. The van der Waals surface area contributed by atoms with Gasteiger partial charge in [-0.3, -0.25) is 4.79 Å². The highest BCUT2D eigenvalue weighted by molar-refractivity contribution is 5.33. The number of rotatable bonds is 6. The molecule has 4 N–H and O–H groups in total. The fourth-order valence-corrected chi connectivity index (χ4v) is 1.43. The second kappa shape index (κ2) is 6.39. The Kier molecular flexibility index (Phi) is 5.15. The summed E-state index contributed by atoms with van der Waals surface area (Å²) >= 11 is 0. The number of hydrogen-bond donors (Lipinski definition) is 3. The summed E-state index contributed by atoms with van der Waals surface area (Å²) in [7, 11) is 0. The first-order valence-corrected chi connectivity index (χ1v) is 6.13. The van der Waals surface area contributed by atoms with Crippen LogP contribution in [0.1, 0.15) is 45.4 Å². The van der Waals surface area contributed by atoms with E-state index in [4.69, 9.17) is 5.73 Å². The van der Waals surface area contributed by atoms with Gasteiger partial charge in [-0.05, 0) is 12.8 Å². The van der Waals surface area contributed by atoms with Gasteiger partial charge in [0.2, 0.25) is 0 Å². The fraction of sp³-hybridized carbons (Fsp3) is 0.667. The van der Waals surface area contributed by atoms with Crippen LogP contribution in [0.25, 0.3) is 0 Å². The lowest BCUT2D eigenvalue weighted by Gasteiger charge is -2.11. The first kappa shape index (κ1) is 13.7. The molecule has 1 aromatic rings. The molecule has 1 atom stereocenters. The zero-order valence-electron chi connectivity index (χ0n) is 10.8. The molecule has 0 saturated heterocycles. The van der Waals surface area contributed by atoms with Crippen molar-refractivity contribution in [3.8, 4) is 0 Å². The van der Waals surface area contributed by atoms with Crippen molar-refractivity contribution in [2.45, 2.75) is 45.6 Å². The predicted molar refractivity (Wildman–Crippen MR) is 70.3 cm³/mol. The van der Waals surface area contributed by atoms with E-state index in [9.17, 15) is 4.79 Å². The molecule has 17 heavy (non-hydrogen) atoms. The number of hydrogen-bond acceptors (Lipinski definition) is 4. The van der Waals surface area contributed by atoms with E-state index < -0.39 is 0 Å². The molecule has 5 nitrogen and oxygen atoms in total. The van der Waals surface area contributed by atoms with Gasteiger partial charge in [0.05, 0.1) is 0 Å². The second-order valence-corrected chi connectivity index (χ2v) is 4.55. The molecule has 1 unspecified atom stereocenters. The number of nitrogens with zero attached hydrogens (tertiary/aromatic N) is 1. The summed E-state index contributed by atoms with van der Waals surface area (Å²) in [6.45, 7) is 6.79. The molecule has 96 valence electrons. The molecule has 0 aromatic carbocycles. The SMILES string of the molecule is CCC(N)CCNc1cc(=O)[nH]c(C(C)C)n1. The van der Waals surface area contributed by atoms with Crippen molar-refractivity contribution in [2.75, 3.05) is 11.9 Å². The highest BCUT2D eigenvalue weighted by Gasteiger charge is 2.05. The molecule has 0 amide bonds. The summed E-state index contributed by atoms with van der Waals surface area (Å²) in [5.41, 5.74) is 5.70. The van der Waals surface area contributed by atoms with Crippen molar-refractivity contribution in [1.82, 2.24) is 9.97 Å². The van der Waals surface area contributed by atoms with Gasteiger partial charge in [0, 0.05) is 24.6 Å². The lowest BCUT2D eigenvalue weighted by atomic mass is 10.2. The Morgan fingerprint density at radius 3 is 2.82 bits per heavy atom. The van der Waals surface area contributed by atoms with Crippen molar-refractivity contribution in [1.29, 1.82) is 0 Å². The number of aromatic nitrogens is 2. The maximum absolute atomic E-state index is 11.4. The van der Waals surface area contributed by atoms with Crippen LogP contribution in [0, 0.1) is 0 Å². The Hall–Kier alpha value is -1.36. The zero-order chi connectivity index (χ0) is 12.8. The first-order valence-electron chi connectivity index (χ1n) is 6.13. The lowest BCUT2D eigenvalue weighted by molar-refractivity contribution is 0.612. The van der Waals surface area contributed by atoms with Gasteiger partial charge in [-0.1, -0.05) is 20.8 Å². The third-order valence-corrected chi connectivity index (χ3v) is 2.65. The molecule has 0 aliphatic heterocycles. The second-order valence-electron chi connectivity index (χ2n) is 4.55. The maximum atomic E-state index is 11.4. The Labute approximate surface area is 102 Å². The van der Waals surface area contributed by atoms with Gasteiger partial charge in [0.15, 0.2) is 0 Å². The fourth-order valence-electron chi connectivity index (χ4n) is 1.43. The summed E-state index contributed by atoms with van der Waals surface area (Å²) in [6.07, 6.45) is 1.84. The summed E-state index contributed by atoms with van der Waals surface area (Å²) in [4.78, 5) is 18.5. The van der Waals surface area contributed by atoms with E-state index >= 15 is 0 Å². The average Bonchev–Trinajstić information content (AvgIpc) is 2.28. The van der Waals surface area contributed by atoms with Crippen LogP contribution in [-0.2, 0) is 0 Å². The number of H-pyrrole nitrogens is 1. The van der Waals surface area contributed by atoms with E-state index in [2.05, 4.69) is 22.2 Å². The standard InChI is InChI=1S/C12H22N4O/c1-4-9(13)5-6-14-10-7-11(17)16-12(15-10)8(2)3/h7-9H,4-6,13H2,1-3H3,(H2,14,15,16,17). The number of nitrogens with one attached hydrogen (secondary N) is 2. The molecule has 1 rings (SSSR count). The van der Waals surface area contributed by atoms with Gasteiger partial charge in [0.1, 0.15) is 11.6 Å². The molecule has 1 heterocycles. The molecule has 0 aliphatic carbocycles. The minimum atomic E-state index is -0.119. The molecular formula is C12H22N4O. The Morgan fingerprint density at radius 2 is 2.24 bits per heavy atom. The highest BCUT2D eigenvalue weighted by Crippen LogP contribution is 2.09. The molecule has 1 aromatic heterocycles. The van der Waals surface area contributed by atoms with Crippen LogP contribution in [0.3, 0.4) is 0 Å². The molecular weight excluding hydrogens is 216 g/mol. The number of nitrogens with two attached hydrogens (primary N) is 1. The van der Waals surface area contributed by atoms with Gasteiger partial charge in [-0.15, -0.1) is 0 Å². The van der Waals surface area contributed by atoms with Crippen LogP contribution in [0.5, 0.6) is 0 Å². The van der Waals surface area contributed by atoms with Crippen molar-refractivity contribution in [3.63, 3.8) is 0 Å². The Morgan fingerprint density at radius 1 is 1.53 bits per heavy atom. The van der Waals surface area contributed by atoms with Crippen LogP contribution in [0.4, 0.5) is 5.82 Å². The Bertz CT molecular complexity index is 400. The van der Waals surface area contributed by atoms with E-state index in [1.165, 1.54) is 6.07 Å². The summed E-state index contributed by atoms with van der Waals surface area (Å²) < 4.78 is 0. The molecule has 0 spiro atoms. The van der Waals surface area contributed by atoms with Crippen LogP contribution in [0.2, 0.25) is 0 Å². The van der Waals surface area contributed by atoms with Crippen molar-refractivity contribution in [3.05, 3.63) is 22.2 Å². The van der Waals surface area contributed by atoms with E-state index in [-0.39, 0.29) is 17.5 Å². The lowest BCUT2D eigenvalue weighted by Crippen LogP contribution is -2.23. The molecule has 0 radical (unpaired) electrons. The molecule has 0 aliphatic rings. The van der Waals surface area contributed by atoms with E-state index in [1.807, 2.05) is 13.8 Å². The quantitative estimate of drug-likeness (QED) is 0.700. The topological polar surface area (TPSA) is 83.8 Å². The van der Waals surface area contributed by atoms with E-state index in [1.54, 1.807) is 0 Å². The largest absolute Gasteiger partial charge is 0.370 e. The monoisotopic (exact) mass is 238 g/mol. The van der Waals surface area contributed by atoms with Crippen molar-refractivity contribution in [2.24, 2.45) is 5.73 Å². The smallest absolute Gasteiger partial charge is 0.252 e. The van der Waals surface area contributed by atoms with Crippen molar-refractivity contribution < 1.29 is 0 Å². The normalized spacial score (nSPS) is 12.8. The van der Waals surface area contributed by atoms with Crippen LogP contribution < -0.4 is 16.6 Å².